The van der Waals surface area contributed by atoms with E-state index in [1.165, 1.54) is 0 Å². The minimum atomic E-state index is -0.331. The SMILES string of the molecule is O=C(CN1C(=O)[C@@H]2CCCC[C@H]2C1=O)Nc1cccc(I)c1. The van der Waals surface area contributed by atoms with Gasteiger partial charge < -0.3 is 5.32 Å². The van der Waals surface area contributed by atoms with Crippen LogP contribution in [0.25, 0.3) is 0 Å². The Morgan fingerprint density at radius 3 is 2.41 bits per heavy atom. The molecule has 1 saturated carbocycles. The number of amides is 3. The van der Waals surface area contributed by atoms with Crippen LogP contribution in [0.3, 0.4) is 0 Å². The van der Waals surface area contributed by atoms with Gasteiger partial charge in [-0.3, -0.25) is 19.3 Å². The van der Waals surface area contributed by atoms with E-state index >= 15 is 0 Å². The van der Waals surface area contributed by atoms with E-state index in [4.69, 9.17) is 0 Å². The molecule has 3 rings (SSSR count). The van der Waals surface area contributed by atoms with Crippen molar-refractivity contribution in [3.8, 4) is 0 Å². The molecule has 116 valence electrons. The molecule has 22 heavy (non-hydrogen) atoms. The van der Waals surface area contributed by atoms with E-state index in [1.807, 2.05) is 18.2 Å². The molecule has 1 aliphatic carbocycles. The lowest BCUT2D eigenvalue weighted by atomic mass is 9.81. The molecule has 0 bridgehead atoms. The highest BCUT2D eigenvalue weighted by Crippen LogP contribution is 2.37. The Balaban J connectivity index is 1.66. The maximum atomic E-state index is 12.3. The van der Waals surface area contributed by atoms with Gasteiger partial charge in [-0.15, -0.1) is 0 Å². The first-order valence-electron chi connectivity index (χ1n) is 7.47. The van der Waals surface area contributed by atoms with Gasteiger partial charge in [0.05, 0.1) is 11.8 Å². The summed E-state index contributed by atoms with van der Waals surface area (Å²) in [4.78, 5) is 37.9. The summed E-state index contributed by atoms with van der Waals surface area (Å²) in [6.45, 7) is -0.184. The smallest absolute Gasteiger partial charge is 0.244 e. The summed E-state index contributed by atoms with van der Waals surface area (Å²) in [5.41, 5.74) is 0.674. The average molecular weight is 412 g/mol. The van der Waals surface area contributed by atoms with Crippen LogP contribution in [0.1, 0.15) is 25.7 Å². The molecule has 5 nitrogen and oxygen atoms in total. The van der Waals surface area contributed by atoms with Crippen molar-refractivity contribution >= 4 is 46.0 Å². The van der Waals surface area contributed by atoms with Crippen molar-refractivity contribution < 1.29 is 14.4 Å². The quantitative estimate of drug-likeness (QED) is 0.613. The van der Waals surface area contributed by atoms with Crippen LogP contribution >= 0.6 is 22.6 Å². The zero-order chi connectivity index (χ0) is 15.7. The average Bonchev–Trinajstić information content (AvgIpc) is 2.73. The number of rotatable bonds is 3. The second-order valence-electron chi connectivity index (χ2n) is 5.82. The summed E-state index contributed by atoms with van der Waals surface area (Å²) in [6, 6.07) is 7.39. The second-order valence-corrected chi connectivity index (χ2v) is 7.06. The maximum absolute atomic E-state index is 12.3. The van der Waals surface area contributed by atoms with Crippen LogP contribution in [-0.2, 0) is 14.4 Å². The minimum absolute atomic E-state index is 0.174. The van der Waals surface area contributed by atoms with Crippen LogP contribution in [0.15, 0.2) is 24.3 Å². The van der Waals surface area contributed by atoms with Crippen molar-refractivity contribution in [1.29, 1.82) is 0 Å². The van der Waals surface area contributed by atoms with Crippen molar-refractivity contribution in [2.24, 2.45) is 11.8 Å². The highest BCUT2D eigenvalue weighted by atomic mass is 127. The molecular weight excluding hydrogens is 395 g/mol. The summed E-state index contributed by atoms with van der Waals surface area (Å²) < 4.78 is 1.01. The van der Waals surface area contributed by atoms with E-state index in [2.05, 4.69) is 27.9 Å². The van der Waals surface area contributed by atoms with Crippen molar-refractivity contribution in [2.75, 3.05) is 11.9 Å². The Morgan fingerprint density at radius 2 is 1.82 bits per heavy atom. The number of nitrogens with zero attached hydrogens (tertiary/aromatic N) is 1. The Bertz CT molecular complexity index is 608. The Hall–Kier alpha value is -1.44. The summed E-state index contributed by atoms with van der Waals surface area (Å²) in [5, 5.41) is 2.74. The molecule has 1 N–H and O–H groups in total. The van der Waals surface area contributed by atoms with E-state index in [9.17, 15) is 14.4 Å². The molecule has 0 unspecified atom stereocenters. The van der Waals surface area contributed by atoms with E-state index in [0.717, 1.165) is 34.2 Å². The number of benzene rings is 1. The monoisotopic (exact) mass is 412 g/mol. The van der Waals surface area contributed by atoms with Crippen LogP contribution in [-0.4, -0.2) is 29.2 Å². The number of fused-ring (bicyclic) bond motifs is 1. The largest absolute Gasteiger partial charge is 0.324 e. The molecule has 1 aromatic carbocycles. The minimum Gasteiger partial charge on any atom is -0.324 e. The number of hydrogen-bond acceptors (Lipinski definition) is 3. The van der Waals surface area contributed by atoms with Gasteiger partial charge in [0.1, 0.15) is 6.54 Å². The van der Waals surface area contributed by atoms with Crippen LogP contribution < -0.4 is 5.32 Å². The van der Waals surface area contributed by atoms with Gasteiger partial charge in [0.2, 0.25) is 17.7 Å². The van der Waals surface area contributed by atoms with E-state index in [0.29, 0.717) is 5.69 Å². The molecule has 2 atom stereocenters. The Kier molecular flexibility index (Phi) is 4.46. The van der Waals surface area contributed by atoms with Crippen molar-refractivity contribution in [2.45, 2.75) is 25.7 Å². The molecule has 3 amide bonds. The predicted molar refractivity (Wildman–Crippen MR) is 90.0 cm³/mol. The third kappa shape index (κ3) is 3.02. The topological polar surface area (TPSA) is 66.5 Å². The molecular formula is C16H17IN2O3. The van der Waals surface area contributed by atoms with Gasteiger partial charge in [-0.25, -0.2) is 0 Å². The third-order valence-corrected chi connectivity index (χ3v) is 5.01. The number of imide groups is 1. The fourth-order valence-corrected chi connectivity index (χ4v) is 3.84. The van der Waals surface area contributed by atoms with Gasteiger partial charge in [0.25, 0.3) is 0 Å². The fourth-order valence-electron chi connectivity index (χ4n) is 3.30. The molecule has 6 heteroatoms. The lowest BCUT2D eigenvalue weighted by molar-refractivity contribution is -0.142. The standard InChI is InChI=1S/C16H17IN2O3/c17-10-4-3-5-11(8-10)18-14(20)9-19-15(21)12-6-1-2-7-13(12)16(19)22/h3-5,8,12-13H,1-2,6-7,9H2,(H,18,20)/t12-,13-/m1/s1. The van der Waals surface area contributed by atoms with Gasteiger partial charge in [0, 0.05) is 9.26 Å². The summed E-state index contributed by atoms with van der Waals surface area (Å²) in [6.07, 6.45) is 3.51. The summed E-state index contributed by atoms with van der Waals surface area (Å²) in [7, 11) is 0. The number of nitrogens with one attached hydrogen (secondary N) is 1. The molecule has 0 spiro atoms. The number of halogens is 1. The van der Waals surface area contributed by atoms with Crippen LogP contribution in [0.4, 0.5) is 5.69 Å². The molecule has 0 radical (unpaired) electrons. The zero-order valence-corrected chi connectivity index (χ0v) is 14.2. The van der Waals surface area contributed by atoms with Crippen molar-refractivity contribution in [3.63, 3.8) is 0 Å². The zero-order valence-electron chi connectivity index (χ0n) is 12.0. The van der Waals surface area contributed by atoms with Crippen molar-refractivity contribution in [1.82, 2.24) is 4.90 Å². The Labute approximate surface area is 142 Å². The van der Waals surface area contributed by atoms with E-state index < -0.39 is 0 Å². The summed E-state index contributed by atoms with van der Waals surface area (Å²) >= 11 is 2.16. The van der Waals surface area contributed by atoms with Gasteiger partial charge >= 0.3 is 0 Å². The van der Waals surface area contributed by atoms with Gasteiger partial charge in [-0.1, -0.05) is 18.9 Å². The van der Waals surface area contributed by atoms with E-state index in [1.54, 1.807) is 6.07 Å². The number of carbonyl (C=O) groups excluding carboxylic acids is 3. The normalized spacial score (nSPS) is 24.3. The molecule has 0 aromatic heterocycles. The van der Waals surface area contributed by atoms with Crippen LogP contribution in [0.2, 0.25) is 0 Å². The first-order valence-corrected chi connectivity index (χ1v) is 8.55. The van der Waals surface area contributed by atoms with E-state index in [-0.39, 0.29) is 36.1 Å². The fraction of sp³-hybridized carbons (Fsp3) is 0.438. The first-order chi connectivity index (χ1) is 10.6. The number of anilines is 1. The molecule has 1 saturated heterocycles. The van der Waals surface area contributed by atoms with Crippen LogP contribution in [0, 0.1) is 15.4 Å². The number of hydrogen-bond donors (Lipinski definition) is 1. The highest BCUT2D eigenvalue weighted by Gasteiger charge is 2.48. The molecule has 1 aromatic rings. The molecule has 1 heterocycles. The van der Waals surface area contributed by atoms with Gasteiger partial charge in [-0.05, 0) is 53.6 Å². The first kappa shape index (κ1) is 15.5. The Morgan fingerprint density at radius 1 is 1.18 bits per heavy atom. The summed E-state index contributed by atoms with van der Waals surface area (Å²) in [5.74, 6) is -1.08. The highest BCUT2D eigenvalue weighted by molar-refractivity contribution is 14.1. The van der Waals surface area contributed by atoms with Crippen LogP contribution in [0.5, 0.6) is 0 Å². The van der Waals surface area contributed by atoms with Gasteiger partial charge in [-0.2, -0.15) is 0 Å². The van der Waals surface area contributed by atoms with Gasteiger partial charge in [0.15, 0.2) is 0 Å². The maximum Gasteiger partial charge on any atom is 0.244 e. The number of carbonyl (C=O) groups is 3. The molecule has 2 fully saturated rings. The second kappa shape index (κ2) is 6.36. The number of likely N-dealkylation sites (tertiary alicyclic amines) is 1. The predicted octanol–water partition coefficient (Wildman–Crippen LogP) is 2.40. The molecule has 1 aliphatic heterocycles. The third-order valence-electron chi connectivity index (χ3n) is 4.34. The lowest BCUT2D eigenvalue weighted by Gasteiger charge is -2.19. The molecule has 2 aliphatic rings. The van der Waals surface area contributed by atoms with Crippen molar-refractivity contribution in [3.05, 3.63) is 27.8 Å². The lowest BCUT2D eigenvalue weighted by Crippen LogP contribution is -2.38.